The van der Waals surface area contributed by atoms with Gasteiger partial charge in [0, 0.05) is 37.2 Å². The summed E-state index contributed by atoms with van der Waals surface area (Å²) in [5.41, 5.74) is -0.203. The van der Waals surface area contributed by atoms with Gasteiger partial charge in [0.1, 0.15) is 0 Å². The molecule has 2 aliphatic rings. The van der Waals surface area contributed by atoms with Crippen LogP contribution in [-0.2, 0) is 10.0 Å². The fourth-order valence-electron chi connectivity index (χ4n) is 3.10. The van der Waals surface area contributed by atoms with E-state index in [9.17, 15) is 28.4 Å². The number of aliphatic hydroxyl groups is 1. The molecule has 0 radical (unpaired) electrons. The molecule has 1 saturated heterocycles. The van der Waals surface area contributed by atoms with Crippen LogP contribution in [0.3, 0.4) is 0 Å². The molecule has 1 heterocycles. The largest absolute Gasteiger partial charge is 0.465 e. The average molecular weight is 385 g/mol. The molecule has 2 fully saturated rings. The Labute approximate surface area is 149 Å². The second-order valence-corrected chi connectivity index (χ2v) is 8.46. The minimum absolute atomic E-state index is 0.00886. The van der Waals surface area contributed by atoms with Crippen LogP contribution >= 0.6 is 0 Å². The molecule has 0 spiro atoms. The summed E-state index contributed by atoms with van der Waals surface area (Å²) in [7, 11) is -3.90. The monoisotopic (exact) mass is 385 g/mol. The van der Waals surface area contributed by atoms with Gasteiger partial charge in [0.25, 0.3) is 5.69 Å². The minimum Gasteiger partial charge on any atom is -0.465 e. The van der Waals surface area contributed by atoms with Gasteiger partial charge in [-0.25, -0.2) is 13.2 Å². The number of nitro groups is 1. The third-order valence-corrected chi connectivity index (χ3v) is 6.63. The third kappa shape index (κ3) is 3.64. The lowest BCUT2D eigenvalue weighted by atomic mass is 10.1. The molecule has 3 rings (SSSR count). The van der Waals surface area contributed by atoms with E-state index < -0.39 is 33.1 Å². The number of β-amino-alcohol motifs (C(OH)–C–C–N with tert-alkyl or cyclic N) is 1. The highest BCUT2D eigenvalue weighted by Gasteiger charge is 2.43. The number of rotatable bonds is 6. The van der Waals surface area contributed by atoms with E-state index in [0.717, 1.165) is 17.0 Å². The lowest BCUT2D eigenvalue weighted by molar-refractivity contribution is -0.384. The maximum absolute atomic E-state index is 12.9. The van der Waals surface area contributed by atoms with Crippen molar-refractivity contribution in [1.29, 1.82) is 0 Å². The van der Waals surface area contributed by atoms with Crippen molar-refractivity contribution >= 4 is 21.8 Å². The molecule has 26 heavy (non-hydrogen) atoms. The fraction of sp³-hybridized carbons (Fsp3) is 0.533. The van der Waals surface area contributed by atoms with Gasteiger partial charge in [-0.05, 0) is 25.0 Å². The molecule has 2 atom stereocenters. The van der Waals surface area contributed by atoms with Crippen molar-refractivity contribution in [2.45, 2.75) is 29.9 Å². The SMILES string of the molecule is O=C(O)N1C[C@H](CN(C2CC2)S(=O)(=O)c2ccc([N+](=O)[O-])cc2)[C@@H](O)C1. The molecule has 2 N–H and O–H groups in total. The van der Waals surface area contributed by atoms with E-state index in [1.54, 1.807) is 0 Å². The number of sulfonamides is 1. The molecule has 1 saturated carbocycles. The van der Waals surface area contributed by atoms with E-state index >= 15 is 0 Å². The summed E-state index contributed by atoms with van der Waals surface area (Å²) >= 11 is 0. The summed E-state index contributed by atoms with van der Waals surface area (Å²) in [5.74, 6) is -0.514. The average Bonchev–Trinajstić information content (AvgIpc) is 3.35. The smallest absolute Gasteiger partial charge is 0.407 e. The van der Waals surface area contributed by atoms with Crippen LogP contribution in [0.15, 0.2) is 29.2 Å². The van der Waals surface area contributed by atoms with Crippen LogP contribution in [0.25, 0.3) is 0 Å². The van der Waals surface area contributed by atoms with Gasteiger partial charge in [0.05, 0.1) is 22.5 Å². The number of nitro benzene ring substituents is 1. The molecule has 142 valence electrons. The quantitative estimate of drug-likeness (QED) is 0.543. The van der Waals surface area contributed by atoms with Gasteiger partial charge in [-0.15, -0.1) is 0 Å². The lowest BCUT2D eigenvalue weighted by Crippen LogP contribution is -2.40. The zero-order chi connectivity index (χ0) is 19.1. The van der Waals surface area contributed by atoms with Gasteiger partial charge in [0.2, 0.25) is 10.0 Å². The molecule has 1 aliphatic heterocycles. The Morgan fingerprint density at radius 1 is 1.27 bits per heavy atom. The highest BCUT2D eigenvalue weighted by atomic mass is 32.2. The number of aliphatic hydroxyl groups excluding tert-OH is 1. The number of carboxylic acid groups (broad SMARTS) is 1. The second-order valence-electron chi connectivity index (χ2n) is 6.57. The Morgan fingerprint density at radius 3 is 2.35 bits per heavy atom. The number of likely N-dealkylation sites (tertiary alicyclic amines) is 1. The maximum atomic E-state index is 12.9. The van der Waals surface area contributed by atoms with Gasteiger partial charge >= 0.3 is 6.09 Å². The third-order valence-electron chi connectivity index (χ3n) is 4.70. The van der Waals surface area contributed by atoms with Gasteiger partial charge < -0.3 is 15.1 Å². The Bertz CT molecular complexity index is 807. The van der Waals surface area contributed by atoms with Crippen molar-refractivity contribution < 1.29 is 28.3 Å². The first-order valence-corrected chi connectivity index (χ1v) is 9.56. The molecular weight excluding hydrogens is 366 g/mol. The summed E-state index contributed by atoms with van der Waals surface area (Å²) < 4.78 is 27.2. The van der Waals surface area contributed by atoms with Gasteiger partial charge in [0.15, 0.2) is 0 Å². The molecule has 0 aromatic heterocycles. The summed E-state index contributed by atoms with van der Waals surface area (Å²) in [5, 5.41) is 29.9. The zero-order valence-electron chi connectivity index (χ0n) is 13.8. The van der Waals surface area contributed by atoms with E-state index in [1.165, 1.54) is 16.4 Å². The van der Waals surface area contributed by atoms with E-state index in [1.807, 2.05) is 0 Å². The summed E-state index contributed by atoms with van der Waals surface area (Å²) in [6.45, 7) is 0.0283. The number of benzene rings is 1. The van der Waals surface area contributed by atoms with E-state index in [2.05, 4.69) is 0 Å². The number of nitrogens with zero attached hydrogens (tertiary/aromatic N) is 3. The van der Waals surface area contributed by atoms with E-state index in [0.29, 0.717) is 12.8 Å². The van der Waals surface area contributed by atoms with Crippen molar-refractivity contribution in [3.63, 3.8) is 0 Å². The Morgan fingerprint density at radius 2 is 1.88 bits per heavy atom. The highest BCUT2D eigenvalue weighted by Crippen LogP contribution is 2.34. The number of amides is 1. The topological polar surface area (TPSA) is 141 Å². The molecule has 1 amide bonds. The number of hydrogen-bond donors (Lipinski definition) is 2. The Kier molecular flexibility index (Phi) is 4.86. The molecule has 1 aliphatic carbocycles. The first-order valence-electron chi connectivity index (χ1n) is 8.12. The Balaban J connectivity index is 1.81. The van der Waals surface area contributed by atoms with Crippen LogP contribution in [0.2, 0.25) is 0 Å². The van der Waals surface area contributed by atoms with Crippen LogP contribution in [0.1, 0.15) is 12.8 Å². The fourth-order valence-corrected chi connectivity index (χ4v) is 4.84. The molecule has 1 aromatic rings. The van der Waals surface area contributed by atoms with Crippen molar-refractivity contribution in [1.82, 2.24) is 9.21 Å². The molecule has 0 unspecified atom stereocenters. The van der Waals surface area contributed by atoms with Crippen LogP contribution in [-0.4, -0.2) is 70.6 Å². The standard InChI is InChI=1S/C15H19N3O7S/c19-14-9-16(15(20)21)7-10(14)8-17(11-1-2-11)26(24,25)13-5-3-12(4-6-13)18(22)23/h3-6,10-11,14,19H,1-2,7-9H2,(H,20,21)/t10-,14+/m1/s1. The summed E-state index contributed by atoms with van der Waals surface area (Å²) in [6.07, 6.45) is -0.697. The van der Waals surface area contributed by atoms with Crippen molar-refractivity contribution in [2.24, 2.45) is 5.92 Å². The molecule has 11 heteroatoms. The maximum Gasteiger partial charge on any atom is 0.407 e. The lowest BCUT2D eigenvalue weighted by Gasteiger charge is -2.26. The molecule has 1 aromatic carbocycles. The van der Waals surface area contributed by atoms with Gasteiger partial charge in [-0.1, -0.05) is 0 Å². The van der Waals surface area contributed by atoms with Crippen molar-refractivity contribution in [2.75, 3.05) is 19.6 Å². The van der Waals surface area contributed by atoms with E-state index in [4.69, 9.17) is 5.11 Å². The first-order chi connectivity index (χ1) is 12.2. The van der Waals surface area contributed by atoms with Gasteiger partial charge in [-0.3, -0.25) is 10.1 Å². The van der Waals surface area contributed by atoms with Crippen LogP contribution < -0.4 is 0 Å². The highest BCUT2D eigenvalue weighted by molar-refractivity contribution is 7.89. The Hall–Kier alpha value is -2.24. The van der Waals surface area contributed by atoms with Gasteiger partial charge in [-0.2, -0.15) is 4.31 Å². The van der Waals surface area contributed by atoms with Crippen LogP contribution in [0.4, 0.5) is 10.5 Å². The van der Waals surface area contributed by atoms with E-state index in [-0.39, 0.29) is 36.3 Å². The number of non-ortho nitro benzene ring substituents is 1. The number of carbonyl (C=O) groups is 1. The van der Waals surface area contributed by atoms with Crippen molar-refractivity contribution in [3.05, 3.63) is 34.4 Å². The predicted molar refractivity (Wildman–Crippen MR) is 89.1 cm³/mol. The summed E-state index contributed by atoms with van der Waals surface area (Å²) in [6, 6.07) is 4.46. The minimum atomic E-state index is -3.90. The van der Waals surface area contributed by atoms with Crippen LogP contribution in [0, 0.1) is 16.0 Å². The molecular formula is C15H19N3O7S. The number of hydrogen-bond acceptors (Lipinski definition) is 6. The molecule has 0 bridgehead atoms. The zero-order valence-corrected chi connectivity index (χ0v) is 14.6. The second kappa shape index (κ2) is 6.82. The first kappa shape index (κ1) is 18.5. The normalized spacial score (nSPS) is 23.4. The van der Waals surface area contributed by atoms with Crippen molar-refractivity contribution in [3.8, 4) is 0 Å². The predicted octanol–water partition coefficient (Wildman–Crippen LogP) is 0.719. The molecule has 10 nitrogen and oxygen atoms in total. The summed E-state index contributed by atoms with van der Waals surface area (Å²) in [4.78, 5) is 22.2. The van der Waals surface area contributed by atoms with Crippen LogP contribution in [0.5, 0.6) is 0 Å².